The number of hydrogen-bond acceptors (Lipinski definition) is 3. The molecule has 0 saturated heterocycles. The molecule has 23 heavy (non-hydrogen) atoms. The van der Waals surface area contributed by atoms with Crippen molar-refractivity contribution in [2.75, 3.05) is 11.9 Å². The first-order chi connectivity index (χ1) is 11.3. The maximum Gasteiger partial charge on any atom is 0.256 e. The van der Waals surface area contributed by atoms with Gasteiger partial charge in [-0.25, -0.2) is 4.68 Å². The predicted molar refractivity (Wildman–Crippen MR) is 89.9 cm³/mol. The van der Waals surface area contributed by atoms with Crippen molar-refractivity contribution in [3.63, 3.8) is 0 Å². The third-order valence-electron chi connectivity index (χ3n) is 4.26. The number of hydrogen-bond donors (Lipinski definition) is 1. The van der Waals surface area contributed by atoms with Gasteiger partial charge in [-0.1, -0.05) is 19.3 Å². The van der Waals surface area contributed by atoms with Gasteiger partial charge in [-0.3, -0.25) is 4.79 Å². The molecule has 122 valence electrons. The summed E-state index contributed by atoms with van der Waals surface area (Å²) < 4.78 is 7.36. The summed E-state index contributed by atoms with van der Waals surface area (Å²) in [5, 5.41) is 7.38. The molecule has 1 aliphatic rings. The van der Waals surface area contributed by atoms with Gasteiger partial charge in [-0.15, -0.1) is 0 Å². The molecule has 0 radical (unpaired) electrons. The van der Waals surface area contributed by atoms with Gasteiger partial charge < -0.3 is 10.1 Å². The number of aromatic nitrogens is 2. The average Bonchev–Trinajstić information content (AvgIpc) is 3.05. The molecule has 0 bridgehead atoms. The summed E-state index contributed by atoms with van der Waals surface area (Å²) in [4.78, 5) is 12.4. The van der Waals surface area contributed by atoms with Crippen LogP contribution in [0.3, 0.4) is 0 Å². The molecule has 0 unspecified atom stereocenters. The van der Waals surface area contributed by atoms with Crippen LogP contribution in [0.4, 0.5) is 5.82 Å². The topological polar surface area (TPSA) is 56.1 Å². The molecule has 1 aliphatic carbocycles. The number of nitrogens with zero attached hydrogens (tertiary/aromatic N) is 2. The van der Waals surface area contributed by atoms with Crippen LogP contribution in [0.5, 0.6) is 5.75 Å². The van der Waals surface area contributed by atoms with Crippen LogP contribution < -0.4 is 10.1 Å². The first kappa shape index (κ1) is 15.6. The van der Waals surface area contributed by atoms with E-state index in [2.05, 4.69) is 10.4 Å². The van der Waals surface area contributed by atoms with Crippen molar-refractivity contribution in [3.05, 3.63) is 42.1 Å². The molecule has 0 spiro atoms. The minimum atomic E-state index is -0.120. The molecule has 1 N–H and O–H groups in total. The number of anilines is 1. The van der Waals surface area contributed by atoms with Crippen LogP contribution in [0, 0.1) is 0 Å². The molecular weight excluding hydrogens is 290 g/mol. The van der Waals surface area contributed by atoms with Crippen molar-refractivity contribution < 1.29 is 9.53 Å². The van der Waals surface area contributed by atoms with Crippen LogP contribution in [0.2, 0.25) is 0 Å². The van der Waals surface area contributed by atoms with Crippen molar-refractivity contribution in [3.8, 4) is 5.75 Å². The van der Waals surface area contributed by atoms with Gasteiger partial charge in [0.15, 0.2) is 0 Å². The fourth-order valence-corrected chi connectivity index (χ4v) is 3.09. The van der Waals surface area contributed by atoms with Crippen LogP contribution in [-0.4, -0.2) is 22.3 Å². The lowest BCUT2D eigenvalue weighted by molar-refractivity contribution is 0.102. The number of carbonyl (C=O) groups is 1. The number of carbonyl (C=O) groups excluding carboxylic acids is 1. The average molecular weight is 313 g/mol. The van der Waals surface area contributed by atoms with Crippen molar-refractivity contribution in [2.45, 2.75) is 45.1 Å². The Morgan fingerprint density at radius 1 is 1.22 bits per heavy atom. The van der Waals surface area contributed by atoms with E-state index < -0.39 is 0 Å². The quantitative estimate of drug-likeness (QED) is 0.906. The van der Waals surface area contributed by atoms with Crippen molar-refractivity contribution in [2.24, 2.45) is 0 Å². The van der Waals surface area contributed by atoms with Gasteiger partial charge in [0.25, 0.3) is 5.91 Å². The molecule has 0 atom stereocenters. The lowest BCUT2D eigenvalue weighted by Crippen LogP contribution is -2.20. The summed E-state index contributed by atoms with van der Waals surface area (Å²) >= 11 is 0. The Labute approximate surface area is 136 Å². The largest absolute Gasteiger partial charge is 0.494 e. The molecule has 1 saturated carbocycles. The Balaban J connectivity index is 1.69. The summed E-state index contributed by atoms with van der Waals surface area (Å²) in [6.45, 7) is 2.55. The molecular formula is C18H23N3O2. The predicted octanol–water partition coefficient (Wildman–Crippen LogP) is 4.04. The van der Waals surface area contributed by atoms with Crippen LogP contribution in [0.25, 0.3) is 0 Å². The van der Waals surface area contributed by atoms with Gasteiger partial charge in [0.05, 0.1) is 18.8 Å². The number of ether oxygens (including phenoxy) is 1. The first-order valence-corrected chi connectivity index (χ1v) is 8.35. The van der Waals surface area contributed by atoms with E-state index in [1.54, 1.807) is 18.3 Å². The Bertz CT molecular complexity index is 643. The number of rotatable bonds is 5. The Morgan fingerprint density at radius 2 is 1.96 bits per heavy atom. The standard InChI is InChI=1S/C18H23N3O2/c1-2-23-16-10-8-14(9-11-16)18(22)20-17-12-13-19-21(17)15-6-4-3-5-7-15/h8-13,15H,2-7H2,1H3,(H,20,22). The van der Waals surface area contributed by atoms with E-state index in [0.717, 1.165) is 24.4 Å². The second kappa shape index (κ2) is 7.31. The maximum absolute atomic E-state index is 12.4. The molecule has 3 rings (SSSR count). The van der Waals surface area contributed by atoms with Gasteiger partial charge in [-0.05, 0) is 44.0 Å². The summed E-state index contributed by atoms with van der Waals surface area (Å²) in [6.07, 6.45) is 7.78. The van der Waals surface area contributed by atoms with Crippen LogP contribution in [-0.2, 0) is 0 Å². The molecule has 2 aromatic rings. The third-order valence-corrected chi connectivity index (χ3v) is 4.26. The lowest BCUT2D eigenvalue weighted by atomic mass is 9.96. The Morgan fingerprint density at radius 3 is 2.65 bits per heavy atom. The van der Waals surface area contributed by atoms with Gasteiger partial charge in [0, 0.05) is 11.6 Å². The van der Waals surface area contributed by atoms with E-state index in [-0.39, 0.29) is 5.91 Å². The second-order valence-corrected chi connectivity index (χ2v) is 5.86. The molecule has 1 fully saturated rings. The molecule has 5 heteroatoms. The minimum Gasteiger partial charge on any atom is -0.494 e. The fourth-order valence-electron chi connectivity index (χ4n) is 3.09. The molecule has 1 amide bonds. The summed E-state index contributed by atoms with van der Waals surface area (Å²) in [6, 6.07) is 9.45. The van der Waals surface area contributed by atoms with Crippen LogP contribution in [0.1, 0.15) is 55.4 Å². The van der Waals surface area contributed by atoms with E-state index in [1.807, 2.05) is 29.8 Å². The van der Waals surface area contributed by atoms with Gasteiger partial charge >= 0.3 is 0 Å². The zero-order valence-corrected chi connectivity index (χ0v) is 13.5. The SMILES string of the molecule is CCOc1ccc(C(=O)Nc2ccnn2C2CCCCC2)cc1. The second-order valence-electron chi connectivity index (χ2n) is 5.86. The molecule has 1 heterocycles. The van der Waals surface area contributed by atoms with Crippen LogP contribution >= 0.6 is 0 Å². The summed E-state index contributed by atoms with van der Waals surface area (Å²) in [5.74, 6) is 1.43. The maximum atomic E-state index is 12.4. The molecule has 0 aliphatic heterocycles. The molecule has 5 nitrogen and oxygen atoms in total. The zero-order valence-electron chi connectivity index (χ0n) is 13.5. The smallest absolute Gasteiger partial charge is 0.256 e. The zero-order chi connectivity index (χ0) is 16.1. The minimum absolute atomic E-state index is 0.120. The van der Waals surface area contributed by atoms with E-state index in [1.165, 1.54) is 19.3 Å². The van der Waals surface area contributed by atoms with E-state index >= 15 is 0 Å². The van der Waals surface area contributed by atoms with Gasteiger partial charge in [-0.2, -0.15) is 5.10 Å². The highest BCUT2D eigenvalue weighted by Crippen LogP contribution is 2.30. The number of amides is 1. The fraction of sp³-hybridized carbons (Fsp3) is 0.444. The van der Waals surface area contributed by atoms with Gasteiger partial charge in [0.1, 0.15) is 11.6 Å². The Hall–Kier alpha value is -2.30. The molecule has 1 aromatic carbocycles. The van der Waals surface area contributed by atoms with Crippen molar-refractivity contribution in [1.82, 2.24) is 9.78 Å². The normalized spacial score (nSPS) is 15.3. The monoisotopic (exact) mass is 313 g/mol. The summed E-state index contributed by atoms with van der Waals surface area (Å²) in [5.41, 5.74) is 0.616. The number of nitrogens with one attached hydrogen (secondary N) is 1. The number of benzene rings is 1. The van der Waals surface area contributed by atoms with Crippen molar-refractivity contribution >= 4 is 11.7 Å². The lowest BCUT2D eigenvalue weighted by Gasteiger charge is -2.23. The van der Waals surface area contributed by atoms with Crippen molar-refractivity contribution in [1.29, 1.82) is 0 Å². The van der Waals surface area contributed by atoms with E-state index in [4.69, 9.17) is 4.74 Å². The van der Waals surface area contributed by atoms with Crippen LogP contribution in [0.15, 0.2) is 36.5 Å². The van der Waals surface area contributed by atoms with Gasteiger partial charge in [0.2, 0.25) is 0 Å². The first-order valence-electron chi connectivity index (χ1n) is 8.35. The highest BCUT2D eigenvalue weighted by Gasteiger charge is 2.19. The van der Waals surface area contributed by atoms with E-state index in [9.17, 15) is 4.79 Å². The summed E-state index contributed by atoms with van der Waals surface area (Å²) in [7, 11) is 0. The molecule has 1 aromatic heterocycles. The Kier molecular flexibility index (Phi) is 4.95. The third kappa shape index (κ3) is 3.73. The van der Waals surface area contributed by atoms with E-state index in [0.29, 0.717) is 18.2 Å². The highest BCUT2D eigenvalue weighted by molar-refractivity contribution is 6.03. The highest BCUT2D eigenvalue weighted by atomic mass is 16.5.